The molecule has 0 bridgehead atoms. The number of carbonyl (C=O) groups is 1. The first-order chi connectivity index (χ1) is 11.6. The zero-order valence-electron chi connectivity index (χ0n) is 16.2. The molecule has 0 aromatic heterocycles. The van der Waals surface area contributed by atoms with Crippen molar-refractivity contribution in [1.82, 2.24) is 5.01 Å². The van der Waals surface area contributed by atoms with E-state index in [0.29, 0.717) is 6.54 Å². The van der Waals surface area contributed by atoms with E-state index in [-0.39, 0.29) is 5.92 Å². The molecule has 1 unspecified atom stereocenters. The van der Waals surface area contributed by atoms with Crippen LogP contribution in [0.1, 0.15) is 63.6 Å². The van der Waals surface area contributed by atoms with Gasteiger partial charge in [0.2, 0.25) is 5.91 Å². The van der Waals surface area contributed by atoms with Crippen molar-refractivity contribution < 1.29 is 4.79 Å². The number of benzene rings is 1. The number of nitrogens with two attached hydrogens (primary N) is 2. The molecule has 4 N–H and O–H groups in total. The minimum absolute atomic E-state index is 0.273. The van der Waals surface area contributed by atoms with Crippen LogP contribution in [0.5, 0.6) is 0 Å². The average molecular weight is 345 g/mol. The SMILES string of the molecule is CC(C#N)c1cc(CN(C)/N=C\N)cc(C(C)(C)C(N)=O)c1.CCC. The first-order valence-electron chi connectivity index (χ1n) is 8.43. The molecule has 6 heteroatoms. The highest BCUT2D eigenvalue weighted by atomic mass is 16.1. The number of hydrogen-bond donors (Lipinski definition) is 2. The molecule has 1 aromatic carbocycles. The zero-order chi connectivity index (χ0) is 19.6. The third kappa shape index (κ3) is 6.84. The van der Waals surface area contributed by atoms with E-state index < -0.39 is 11.3 Å². The van der Waals surface area contributed by atoms with Gasteiger partial charge in [0.1, 0.15) is 6.34 Å². The van der Waals surface area contributed by atoms with Gasteiger partial charge >= 0.3 is 0 Å². The summed E-state index contributed by atoms with van der Waals surface area (Å²) in [6.07, 6.45) is 2.47. The average Bonchev–Trinajstić information content (AvgIpc) is 2.54. The Bertz CT molecular complexity index is 631. The van der Waals surface area contributed by atoms with Crippen LogP contribution in [0.3, 0.4) is 0 Å². The van der Waals surface area contributed by atoms with Gasteiger partial charge in [-0.05, 0) is 37.5 Å². The highest BCUT2D eigenvalue weighted by Gasteiger charge is 2.28. The van der Waals surface area contributed by atoms with Crippen LogP contribution in [0.4, 0.5) is 0 Å². The Morgan fingerprint density at radius 1 is 1.40 bits per heavy atom. The number of amides is 1. The van der Waals surface area contributed by atoms with Crippen LogP contribution < -0.4 is 11.5 Å². The Labute approximate surface area is 151 Å². The summed E-state index contributed by atoms with van der Waals surface area (Å²) in [5.74, 6) is -0.681. The van der Waals surface area contributed by atoms with Crippen LogP contribution in [-0.2, 0) is 16.8 Å². The molecule has 1 aromatic rings. The van der Waals surface area contributed by atoms with Gasteiger partial charge in [-0.25, -0.2) is 0 Å². The highest BCUT2D eigenvalue weighted by molar-refractivity contribution is 5.85. The van der Waals surface area contributed by atoms with Crippen molar-refractivity contribution in [3.8, 4) is 6.07 Å². The largest absolute Gasteiger partial charge is 0.388 e. The number of hydrogen-bond acceptors (Lipinski definition) is 4. The summed E-state index contributed by atoms with van der Waals surface area (Å²) in [6, 6.07) is 7.94. The molecule has 1 atom stereocenters. The molecule has 6 nitrogen and oxygen atoms in total. The van der Waals surface area contributed by atoms with Gasteiger partial charge in [-0.2, -0.15) is 10.4 Å². The zero-order valence-corrected chi connectivity index (χ0v) is 16.2. The molecule has 0 spiro atoms. The minimum atomic E-state index is -0.810. The number of nitrogens with zero attached hydrogens (tertiary/aromatic N) is 3. The van der Waals surface area contributed by atoms with E-state index in [1.165, 1.54) is 12.8 Å². The summed E-state index contributed by atoms with van der Waals surface area (Å²) in [6.45, 7) is 10.1. The number of hydrazone groups is 1. The Kier molecular flexibility index (Phi) is 9.29. The number of carbonyl (C=O) groups excluding carboxylic acids is 1. The van der Waals surface area contributed by atoms with E-state index in [4.69, 9.17) is 16.7 Å². The quantitative estimate of drug-likeness (QED) is 0.469. The second-order valence-corrected chi connectivity index (χ2v) is 6.59. The molecule has 0 saturated heterocycles. The molecule has 25 heavy (non-hydrogen) atoms. The molecule has 138 valence electrons. The first kappa shape index (κ1) is 22.4. The molecule has 0 saturated carbocycles. The fourth-order valence-corrected chi connectivity index (χ4v) is 2.06. The molecule has 0 fully saturated rings. The number of rotatable bonds is 6. The Morgan fingerprint density at radius 3 is 2.40 bits per heavy atom. The fourth-order valence-electron chi connectivity index (χ4n) is 2.06. The van der Waals surface area contributed by atoms with E-state index >= 15 is 0 Å². The van der Waals surface area contributed by atoms with E-state index in [0.717, 1.165) is 16.7 Å². The Balaban J connectivity index is 0.00000178. The van der Waals surface area contributed by atoms with E-state index in [2.05, 4.69) is 25.0 Å². The second-order valence-electron chi connectivity index (χ2n) is 6.59. The smallest absolute Gasteiger partial charge is 0.227 e. The number of primary amides is 1. The lowest BCUT2D eigenvalue weighted by atomic mass is 9.81. The summed E-state index contributed by atoms with van der Waals surface area (Å²) in [4.78, 5) is 11.7. The van der Waals surface area contributed by atoms with Crippen LogP contribution in [0.2, 0.25) is 0 Å². The van der Waals surface area contributed by atoms with Crippen molar-refractivity contribution in [2.24, 2.45) is 16.6 Å². The molecule has 0 heterocycles. The Hall–Kier alpha value is -2.55. The fraction of sp³-hybridized carbons (Fsp3) is 0.526. The topological polar surface area (TPSA) is 108 Å². The van der Waals surface area contributed by atoms with Crippen LogP contribution in [-0.4, -0.2) is 24.3 Å². The maximum absolute atomic E-state index is 11.7. The van der Waals surface area contributed by atoms with Crippen molar-refractivity contribution in [3.05, 3.63) is 34.9 Å². The lowest BCUT2D eigenvalue weighted by Crippen LogP contribution is -2.35. The summed E-state index contributed by atoms with van der Waals surface area (Å²) in [5, 5.41) is 14.8. The normalized spacial score (nSPS) is 12.0. The summed E-state index contributed by atoms with van der Waals surface area (Å²) >= 11 is 0. The van der Waals surface area contributed by atoms with Gasteiger partial charge in [0.15, 0.2) is 0 Å². The van der Waals surface area contributed by atoms with Crippen molar-refractivity contribution in [1.29, 1.82) is 5.26 Å². The van der Waals surface area contributed by atoms with Gasteiger partial charge in [0, 0.05) is 7.05 Å². The maximum atomic E-state index is 11.7. The molecule has 0 aliphatic carbocycles. The van der Waals surface area contributed by atoms with Crippen molar-refractivity contribution in [3.63, 3.8) is 0 Å². The van der Waals surface area contributed by atoms with Crippen LogP contribution in [0.15, 0.2) is 23.3 Å². The Morgan fingerprint density at radius 2 is 1.96 bits per heavy atom. The lowest BCUT2D eigenvalue weighted by molar-refractivity contribution is -0.122. The molecule has 0 aliphatic heterocycles. The predicted molar refractivity (Wildman–Crippen MR) is 103 cm³/mol. The van der Waals surface area contributed by atoms with Crippen LogP contribution in [0.25, 0.3) is 0 Å². The summed E-state index contributed by atoms with van der Waals surface area (Å²) in [5.41, 5.74) is 12.6. The van der Waals surface area contributed by atoms with Gasteiger partial charge < -0.3 is 11.5 Å². The maximum Gasteiger partial charge on any atom is 0.227 e. The highest BCUT2D eigenvalue weighted by Crippen LogP contribution is 2.28. The lowest BCUT2D eigenvalue weighted by Gasteiger charge is -2.24. The van der Waals surface area contributed by atoms with Crippen molar-refractivity contribution in [2.75, 3.05) is 7.05 Å². The first-order valence-corrected chi connectivity index (χ1v) is 8.43. The van der Waals surface area contributed by atoms with Gasteiger partial charge in [-0.15, -0.1) is 0 Å². The van der Waals surface area contributed by atoms with Crippen LogP contribution in [0, 0.1) is 11.3 Å². The summed E-state index contributed by atoms with van der Waals surface area (Å²) in [7, 11) is 1.79. The molecule has 0 radical (unpaired) electrons. The van der Waals surface area contributed by atoms with Crippen molar-refractivity contribution >= 4 is 12.2 Å². The predicted octanol–water partition coefficient (Wildman–Crippen LogP) is 2.83. The molecule has 1 rings (SSSR count). The van der Waals surface area contributed by atoms with E-state index in [1.807, 2.05) is 25.1 Å². The van der Waals surface area contributed by atoms with Crippen molar-refractivity contribution in [2.45, 2.75) is 58.9 Å². The molecule has 1 amide bonds. The van der Waals surface area contributed by atoms with E-state index in [1.54, 1.807) is 25.9 Å². The molecular formula is C19H31N5O. The third-order valence-corrected chi connectivity index (χ3v) is 3.72. The third-order valence-electron chi connectivity index (χ3n) is 3.72. The molecule has 0 aliphatic rings. The van der Waals surface area contributed by atoms with Gasteiger partial charge in [0.25, 0.3) is 0 Å². The van der Waals surface area contributed by atoms with Gasteiger partial charge in [-0.3, -0.25) is 9.80 Å². The number of nitriles is 1. The second kappa shape index (κ2) is 10.3. The standard InChI is InChI=1S/C16H23N5O.C3H8/c1-11(8-17)13-5-12(9-21(4)20-10-18)6-14(7-13)16(2,3)15(19)22;1-3-2/h5-7,10-11H,9H2,1-4H3,(H2,18,20)(H2,19,22);3H2,1-2H3. The molecular weight excluding hydrogens is 314 g/mol. The van der Waals surface area contributed by atoms with Crippen LogP contribution >= 0.6 is 0 Å². The minimum Gasteiger partial charge on any atom is -0.388 e. The van der Waals surface area contributed by atoms with Gasteiger partial charge in [-0.1, -0.05) is 38.5 Å². The van der Waals surface area contributed by atoms with E-state index in [9.17, 15) is 4.79 Å². The summed E-state index contributed by atoms with van der Waals surface area (Å²) < 4.78 is 0. The monoisotopic (exact) mass is 345 g/mol. The van der Waals surface area contributed by atoms with Gasteiger partial charge in [0.05, 0.1) is 23.9 Å².